The first-order valence-electron chi connectivity index (χ1n) is 8.03. The third-order valence-corrected chi connectivity index (χ3v) is 8.07. The van der Waals surface area contributed by atoms with Crippen molar-refractivity contribution in [3.05, 3.63) is 64.6 Å². The SMILES string of the molecule is O=C(N=C1S[C@H]2CS(=O)(=O)C[C@H]2N1c1cccc(Br)c1)c1ccccc1. The first kappa shape index (κ1) is 17.8. The van der Waals surface area contributed by atoms with Crippen LogP contribution in [0.25, 0.3) is 0 Å². The molecule has 2 fully saturated rings. The molecule has 2 heterocycles. The maximum absolute atomic E-state index is 12.5. The molecule has 134 valence electrons. The normalized spacial score (nSPS) is 25.4. The Morgan fingerprint density at radius 3 is 2.62 bits per heavy atom. The van der Waals surface area contributed by atoms with Gasteiger partial charge in [0.2, 0.25) is 0 Å². The number of thioether (sulfide) groups is 1. The molecule has 0 saturated carbocycles. The Hall–Kier alpha value is -1.64. The number of nitrogens with zero attached hydrogens (tertiary/aromatic N) is 2. The van der Waals surface area contributed by atoms with Gasteiger partial charge in [0.25, 0.3) is 5.91 Å². The highest BCUT2D eigenvalue weighted by Gasteiger charge is 2.49. The van der Waals surface area contributed by atoms with Crippen LogP contribution in [-0.2, 0) is 9.84 Å². The smallest absolute Gasteiger partial charge is 0.279 e. The van der Waals surface area contributed by atoms with Gasteiger partial charge in [-0.05, 0) is 30.3 Å². The van der Waals surface area contributed by atoms with E-state index in [-0.39, 0.29) is 28.7 Å². The summed E-state index contributed by atoms with van der Waals surface area (Å²) in [6, 6.07) is 16.3. The van der Waals surface area contributed by atoms with Crippen LogP contribution in [0.2, 0.25) is 0 Å². The van der Waals surface area contributed by atoms with Gasteiger partial charge in [-0.2, -0.15) is 4.99 Å². The Labute approximate surface area is 164 Å². The summed E-state index contributed by atoms with van der Waals surface area (Å²) in [7, 11) is -3.07. The Balaban J connectivity index is 1.74. The second-order valence-corrected chi connectivity index (χ2v) is 10.5. The molecule has 0 aliphatic carbocycles. The molecule has 0 bridgehead atoms. The number of rotatable bonds is 2. The summed E-state index contributed by atoms with van der Waals surface area (Å²) in [5.41, 5.74) is 1.34. The molecule has 1 amide bonds. The minimum Gasteiger partial charge on any atom is -0.316 e. The van der Waals surface area contributed by atoms with Gasteiger partial charge < -0.3 is 4.90 Å². The Bertz CT molecular complexity index is 993. The zero-order valence-corrected chi connectivity index (χ0v) is 16.8. The van der Waals surface area contributed by atoms with Gasteiger partial charge in [0.15, 0.2) is 15.0 Å². The van der Waals surface area contributed by atoms with E-state index in [0.717, 1.165) is 10.2 Å². The summed E-state index contributed by atoms with van der Waals surface area (Å²) >= 11 is 4.83. The molecule has 5 nitrogen and oxygen atoms in total. The third-order valence-electron chi connectivity index (χ3n) is 4.37. The van der Waals surface area contributed by atoms with Crippen LogP contribution in [0.3, 0.4) is 0 Å². The average Bonchev–Trinajstić information content (AvgIpc) is 3.06. The predicted molar refractivity (Wildman–Crippen MR) is 109 cm³/mol. The fourth-order valence-electron chi connectivity index (χ4n) is 3.22. The van der Waals surface area contributed by atoms with E-state index in [4.69, 9.17) is 0 Å². The fourth-order valence-corrected chi connectivity index (χ4v) is 7.52. The molecule has 2 aromatic rings. The molecule has 2 atom stereocenters. The number of sulfone groups is 1. The van der Waals surface area contributed by atoms with Crippen molar-refractivity contribution in [2.24, 2.45) is 4.99 Å². The zero-order valence-electron chi connectivity index (χ0n) is 13.6. The molecular formula is C18H15BrN2O3S2. The van der Waals surface area contributed by atoms with E-state index in [9.17, 15) is 13.2 Å². The topological polar surface area (TPSA) is 66.8 Å². The third kappa shape index (κ3) is 3.45. The minimum absolute atomic E-state index is 0.0791. The molecule has 2 saturated heterocycles. The standard InChI is InChI=1S/C18H15BrN2O3S2/c19-13-7-4-8-14(9-13)21-15-10-26(23,24)11-16(15)25-18(21)20-17(22)12-5-2-1-3-6-12/h1-9,15-16H,10-11H2/t15-,16+/m1/s1. The highest BCUT2D eigenvalue weighted by molar-refractivity contribution is 9.10. The summed E-state index contributed by atoms with van der Waals surface area (Å²) in [4.78, 5) is 18.8. The maximum Gasteiger partial charge on any atom is 0.279 e. The van der Waals surface area contributed by atoms with Crippen LogP contribution in [0, 0.1) is 0 Å². The molecule has 0 aromatic heterocycles. The van der Waals surface area contributed by atoms with Crippen LogP contribution in [0.15, 0.2) is 64.1 Å². The lowest BCUT2D eigenvalue weighted by atomic mass is 10.2. The van der Waals surface area contributed by atoms with E-state index in [1.54, 1.807) is 24.3 Å². The largest absolute Gasteiger partial charge is 0.316 e. The number of aliphatic imine (C=N–C) groups is 1. The molecular weight excluding hydrogens is 436 g/mol. The highest BCUT2D eigenvalue weighted by Crippen LogP contribution is 2.41. The lowest BCUT2D eigenvalue weighted by molar-refractivity contribution is 0.100. The van der Waals surface area contributed by atoms with Crippen molar-refractivity contribution in [3.63, 3.8) is 0 Å². The molecule has 0 N–H and O–H groups in total. The van der Waals surface area contributed by atoms with Crippen LogP contribution in [0.4, 0.5) is 5.69 Å². The number of hydrogen-bond donors (Lipinski definition) is 0. The van der Waals surface area contributed by atoms with Crippen molar-refractivity contribution in [3.8, 4) is 0 Å². The Morgan fingerprint density at radius 1 is 1.12 bits per heavy atom. The Kier molecular flexibility index (Phi) is 4.66. The van der Waals surface area contributed by atoms with E-state index >= 15 is 0 Å². The number of fused-ring (bicyclic) bond motifs is 1. The van der Waals surface area contributed by atoms with Crippen LogP contribution in [0.1, 0.15) is 10.4 Å². The molecule has 8 heteroatoms. The number of amidine groups is 1. The van der Waals surface area contributed by atoms with Crippen LogP contribution < -0.4 is 4.90 Å². The van der Waals surface area contributed by atoms with E-state index in [0.29, 0.717) is 10.7 Å². The number of amides is 1. The first-order chi connectivity index (χ1) is 12.4. The lowest BCUT2D eigenvalue weighted by Gasteiger charge is -2.24. The lowest BCUT2D eigenvalue weighted by Crippen LogP contribution is -2.37. The van der Waals surface area contributed by atoms with Gasteiger partial charge >= 0.3 is 0 Å². The zero-order chi connectivity index (χ0) is 18.3. The number of hydrogen-bond acceptors (Lipinski definition) is 4. The summed E-state index contributed by atoms with van der Waals surface area (Å²) < 4.78 is 25.1. The molecule has 0 spiro atoms. The quantitative estimate of drug-likeness (QED) is 0.701. The summed E-state index contributed by atoms with van der Waals surface area (Å²) in [5, 5.41) is 0.447. The van der Waals surface area contributed by atoms with E-state index in [1.807, 2.05) is 35.2 Å². The molecule has 4 rings (SSSR count). The molecule has 0 radical (unpaired) electrons. The van der Waals surface area contributed by atoms with Crippen LogP contribution >= 0.6 is 27.7 Å². The number of carbonyl (C=O) groups excluding carboxylic acids is 1. The number of carbonyl (C=O) groups is 1. The Morgan fingerprint density at radius 2 is 1.88 bits per heavy atom. The van der Waals surface area contributed by atoms with Crippen molar-refractivity contribution in [1.82, 2.24) is 0 Å². The second-order valence-electron chi connectivity index (χ2n) is 6.22. The molecule has 2 aliphatic heterocycles. The first-order valence-corrected chi connectivity index (χ1v) is 11.5. The van der Waals surface area contributed by atoms with Gasteiger partial charge in [0.1, 0.15) is 0 Å². The predicted octanol–water partition coefficient (Wildman–Crippen LogP) is 3.36. The number of halogens is 1. The van der Waals surface area contributed by atoms with E-state index in [2.05, 4.69) is 20.9 Å². The average molecular weight is 451 g/mol. The van der Waals surface area contributed by atoms with Crippen molar-refractivity contribution in [2.75, 3.05) is 16.4 Å². The summed E-state index contributed by atoms with van der Waals surface area (Å²) in [6.07, 6.45) is 0. The monoisotopic (exact) mass is 450 g/mol. The van der Waals surface area contributed by atoms with Crippen LogP contribution in [0.5, 0.6) is 0 Å². The van der Waals surface area contributed by atoms with Gasteiger partial charge in [-0.15, -0.1) is 0 Å². The molecule has 0 unspecified atom stereocenters. The molecule has 26 heavy (non-hydrogen) atoms. The van der Waals surface area contributed by atoms with Crippen molar-refractivity contribution in [1.29, 1.82) is 0 Å². The van der Waals surface area contributed by atoms with Crippen molar-refractivity contribution in [2.45, 2.75) is 11.3 Å². The van der Waals surface area contributed by atoms with Gasteiger partial charge in [0, 0.05) is 21.0 Å². The summed E-state index contributed by atoms with van der Waals surface area (Å²) in [6.45, 7) is 0. The van der Waals surface area contributed by atoms with Gasteiger partial charge in [-0.25, -0.2) is 8.42 Å². The fraction of sp³-hybridized carbons (Fsp3) is 0.222. The van der Waals surface area contributed by atoms with Gasteiger partial charge in [0.05, 0.1) is 17.5 Å². The van der Waals surface area contributed by atoms with Gasteiger partial charge in [-0.1, -0.05) is 52.0 Å². The molecule has 2 aromatic carbocycles. The van der Waals surface area contributed by atoms with Crippen molar-refractivity contribution < 1.29 is 13.2 Å². The maximum atomic E-state index is 12.5. The second kappa shape index (κ2) is 6.83. The van der Waals surface area contributed by atoms with Gasteiger partial charge in [-0.3, -0.25) is 4.79 Å². The van der Waals surface area contributed by atoms with Crippen molar-refractivity contribution >= 4 is 54.3 Å². The minimum atomic E-state index is -3.07. The number of anilines is 1. The molecule has 2 aliphatic rings. The number of benzene rings is 2. The summed E-state index contributed by atoms with van der Waals surface area (Å²) in [5.74, 6) is -0.128. The van der Waals surface area contributed by atoms with E-state index in [1.165, 1.54) is 11.8 Å². The van der Waals surface area contributed by atoms with Crippen LogP contribution in [-0.4, -0.2) is 42.3 Å². The highest BCUT2D eigenvalue weighted by atomic mass is 79.9. The van der Waals surface area contributed by atoms with E-state index < -0.39 is 9.84 Å².